The predicted molar refractivity (Wildman–Crippen MR) is 363 cm³/mol. The maximum Gasteiger partial charge on any atom is 0.449 e. The number of cyclic esters (lactones) is 1. The molecule has 8 saturated carbocycles. The molecule has 598 valence electrons. The van der Waals surface area contributed by atoms with Gasteiger partial charge in [-0.2, -0.15) is 48.3 Å². The Bertz CT molecular complexity index is 2630. The first-order valence-corrected chi connectivity index (χ1v) is 31.9. The summed E-state index contributed by atoms with van der Waals surface area (Å²) < 4.78 is 180. The van der Waals surface area contributed by atoms with Gasteiger partial charge in [0.2, 0.25) is 5.60 Å². The van der Waals surface area contributed by atoms with Crippen LogP contribution in [0.4, 0.5) is 48.3 Å². The van der Waals surface area contributed by atoms with Gasteiger partial charge in [-0.25, -0.2) is 0 Å². The van der Waals surface area contributed by atoms with Crippen LogP contribution in [0, 0.1) is 56.2 Å². The molecule has 0 amide bonds. The topological polar surface area (TPSA) is 231 Å². The molecule has 16 nitrogen and oxygen atoms in total. The maximum atomic E-state index is 14.0. The fraction of sp³-hybridized carbons (Fsp3) is 0.932. The van der Waals surface area contributed by atoms with Crippen LogP contribution < -0.4 is 0 Å². The van der Waals surface area contributed by atoms with Crippen molar-refractivity contribution in [1.82, 2.24) is 0 Å². The van der Waals surface area contributed by atoms with Crippen molar-refractivity contribution >= 4 is 29.8 Å². The Morgan fingerprint density at radius 1 is 0.520 bits per heavy atom. The normalized spacial score (nSPS) is 31.6. The Morgan fingerprint density at radius 3 is 1.21 bits per heavy atom. The van der Waals surface area contributed by atoms with Gasteiger partial charge in [0.1, 0.15) is 23.9 Å². The third kappa shape index (κ3) is 19.5. The summed E-state index contributed by atoms with van der Waals surface area (Å²) in [6.07, 6.45) is -8.01. The lowest BCUT2D eigenvalue weighted by Crippen LogP contribution is -2.70. The predicted octanol–water partition coefficient (Wildman–Crippen LogP) is 18.4. The van der Waals surface area contributed by atoms with Crippen molar-refractivity contribution < 1.29 is 126 Å². The monoisotopic (exact) mass is 1470 g/mol. The van der Waals surface area contributed by atoms with Crippen LogP contribution in [0.5, 0.6) is 0 Å². The SMILES string of the molecule is C.C.C.C.C.C.C.C.CCC(C)(C)C(=O)OC1(C)COC(O)(C(F)(F)F)C1(F)F.CCC(C)(C)C(=O)OC12CC3CC(C(C)(C)O)(C1)CC(C(C)(C)O)(C3)C2.CCC(C)(C)C(=O)OC12CC3CC(C1)C(C)(OCC(O)(C(F)(F)F)C(F)(F)F)C(C3)C2.CCC(C)(C)C(=O)OC1COC(=O)C1. The smallest absolute Gasteiger partial charge is 0.449 e. The Kier molecular flexibility index (Phi) is 33.9. The van der Waals surface area contributed by atoms with E-state index in [1.165, 1.54) is 20.8 Å². The fourth-order valence-corrected chi connectivity index (χ4v) is 14.5. The molecule has 2 saturated heterocycles. The highest BCUT2D eigenvalue weighted by Crippen LogP contribution is 2.73. The summed E-state index contributed by atoms with van der Waals surface area (Å²) in [5, 5.41) is 40.9. The quantitative estimate of drug-likeness (QED) is 0.0602. The zero-order valence-corrected chi connectivity index (χ0v) is 56.7. The Hall–Kier alpha value is -3.66. The average Bonchev–Trinajstić information content (AvgIpc) is 0.943. The average molecular weight is 1480 g/mol. The van der Waals surface area contributed by atoms with Gasteiger partial charge < -0.3 is 53.6 Å². The first kappa shape index (κ1) is 103. The molecule has 2 aliphatic heterocycles. The molecule has 2 heterocycles. The molecule has 0 aromatic heterocycles. The van der Waals surface area contributed by atoms with Crippen LogP contribution in [0.15, 0.2) is 0 Å². The second kappa shape index (κ2) is 33.0. The number of ether oxygens (including phenoxy) is 7. The number of esters is 5. The van der Waals surface area contributed by atoms with Crippen LogP contribution >= 0.6 is 0 Å². The minimum atomic E-state index is -5.92. The van der Waals surface area contributed by atoms with Gasteiger partial charge in [0.15, 0.2) is 0 Å². The van der Waals surface area contributed by atoms with E-state index in [2.05, 4.69) is 9.47 Å². The molecule has 7 atom stereocenters. The molecule has 4 N–H and O–H groups in total. The fourth-order valence-electron chi connectivity index (χ4n) is 14.5. The number of alkyl halides is 11. The molecule has 10 fully saturated rings. The van der Waals surface area contributed by atoms with Gasteiger partial charge >= 0.3 is 60.1 Å². The van der Waals surface area contributed by atoms with E-state index in [1.54, 1.807) is 20.8 Å². The number of hydrogen-bond acceptors (Lipinski definition) is 16. The van der Waals surface area contributed by atoms with Crippen molar-refractivity contribution in [1.29, 1.82) is 0 Å². The van der Waals surface area contributed by atoms with E-state index in [-0.39, 0.29) is 137 Å². The Balaban J connectivity index is -0.000000617. The number of carbonyl (C=O) groups excluding carboxylic acids is 5. The van der Waals surface area contributed by atoms with Crippen molar-refractivity contribution in [3.63, 3.8) is 0 Å². The summed E-state index contributed by atoms with van der Waals surface area (Å²) in [5.41, 5.74) is -15.6. The van der Waals surface area contributed by atoms with Crippen molar-refractivity contribution in [2.24, 2.45) is 56.2 Å². The minimum Gasteiger partial charge on any atom is -0.462 e. The minimum absolute atomic E-state index is 0. The summed E-state index contributed by atoms with van der Waals surface area (Å²) in [6.45, 7) is 28.0. The lowest BCUT2D eigenvalue weighted by Gasteiger charge is -2.70. The van der Waals surface area contributed by atoms with Gasteiger partial charge in [-0.3, -0.25) is 24.0 Å². The molecular weight excluding hydrogens is 1340 g/mol. The Labute approximate surface area is 592 Å². The number of hydrogen-bond donors (Lipinski definition) is 4. The molecule has 0 aromatic rings. The summed E-state index contributed by atoms with van der Waals surface area (Å²) >= 11 is 0. The van der Waals surface area contributed by atoms with E-state index in [0.29, 0.717) is 70.6 Å². The van der Waals surface area contributed by atoms with Crippen LogP contribution in [0.1, 0.15) is 287 Å². The standard InChI is InChI=1S/C22H38O4.C21H30F6O4.C12H17F5O4.C10H16O4.8CH4/c1-8-17(2,3)16(23)26-22-11-15-9-20(13-22,18(4,5)24)12-21(10-15,14-22)19(6,7)25;1-5-16(2,3)15(28)31-18-8-12-6-13(9-18)17(4,14(7-12)10-18)30-11-19(29,20(22,23)24)21(25,26)27;1-5-8(2,3)7(18)21-9(4)6-20-11(19,10(9,13)14)12(15,16)17;1-4-10(2,3)9(12)14-7-5-8(11)13-6-7;;;;;;;;/h15,24-25H,8-14H2,1-7H3;12-14,29H,5-11H2,1-4H3;19H,5-6H2,1-4H3;7H,4-6H2,1-3H3;8*1H4. The second-order valence-electron chi connectivity index (χ2n) is 32.0. The van der Waals surface area contributed by atoms with E-state index in [1.807, 2.05) is 76.2 Å². The highest BCUT2D eigenvalue weighted by molar-refractivity contribution is 5.78. The molecule has 0 radical (unpaired) electrons. The molecule has 8 aliphatic carbocycles. The Morgan fingerprint density at radius 2 is 0.880 bits per heavy atom. The third-order valence-electron chi connectivity index (χ3n) is 22.7. The first-order valence-electron chi connectivity index (χ1n) is 31.9. The summed E-state index contributed by atoms with van der Waals surface area (Å²) in [7, 11) is 0. The van der Waals surface area contributed by atoms with Crippen molar-refractivity contribution in [3.05, 3.63) is 0 Å². The molecule has 8 bridgehead atoms. The van der Waals surface area contributed by atoms with Crippen LogP contribution in [0.3, 0.4) is 0 Å². The summed E-state index contributed by atoms with van der Waals surface area (Å²) in [4.78, 5) is 59.8. The van der Waals surface area contributed by atoms with Gasteiger partial charge in [-0.05, 0) is 217 Å². The van der Waals surface area contributed by atoms with Crippen LogP contribution in [0.2, 0.25) is 0 Å². The van der Waals surface area contributed by atoms with Gasteiger partial charge in [-0.15, -0.1) is 0 Å². The van der Waals surface area contributed by atoms with Crippen molar-refractivity contribution in [2.75, 3.05) is 19.8 Å². The third-order valence-corrected chi connectivity index (χ3v) is 22.7. The summed E-state index contributed by atoms with van der Waals surface area (Å²) in [6, 6.07) is 0. The number of halogens is 11. The zero-order chi connectivity index (χ0) is 71.2. The summed E-state index contributed by atoms with van der Waals surface area (Å²) in [5.74, 6) is -11.8. The molecule has 27 heteroatoms. The molecule has 0 spiro atoms. The van der Waals surface area contributed by atoms with Crippen molar-refractivity contribution in [2.45, 2.75) is 362 Å². The van der Waals surface area contributed by atoms with Crippen molar-refractivity contribution in [3.8, 4) is 0 Å². The molecule has 10 aliphatic rings. The molecular formula is C73H133F11O16. The zero-order valence-electron chi connectivity index (χ0n) is 56.7. The van der Waals surface area contributed by atoms with E-state index in [9.17, 15) is 92.7 Å². The molecule has 100 heavy (non-hydrogen) atoms. The van der Waals surface area contributed by atoms with E-state index < -0.39 is 110 Å². The molecule has 10 rings (SSSR count). The maximum absolute atomic E-state index is 14.0. The number of carbonyl (C=O) groups is 5. The lowest BCUT2D eigenvalue weighted by atomic mass is 9.37. The largest absolute Gasteiger partial charge is 0.462 e. The van der Waals surface area contributed by atoms with E-state index in [4.69, 9.17) is 23.7 Å². The first-order chi connectivity index (χ1) is 41.1. The highest BCUT2D eigenvalue weighted by Gasteiger charge is 2.83. The van der Waals surface area contributed by atoms with Crippen LogP contribution in [0.25, 0.3) is 0 Å². The van der Waals surface area contributed by atoms with Gasteiger partial charge in [0.05, 0.1) is 58.1 Å². The number of aliphatic hydroxyl groups is 4. The molecule has 0 aromatic carbocycles. The van der Waals surface area contributed by atoms with Crippen LogP contribution in [-0.4, -0.2) is 146 Å². The van der Waals surface area contributed by atoms with Crippen LogP contribution in [-0.2, 0) is 57.1 Å². The van der Waals surface area contributed by atoms with Gasteiger partial charge in [0, 0.05) is 10.8 Å². The highest BCUT2D eigenvalue weighted by atomic mass is 19.4. The van der Waals surface area contributed by atoms with E-state index >= 15 is 0 Å². The second-order valence-corrected chi connectivity index (χ2v) is 32.0. The number of rotatable bonds is 17. The van der Waals surface area contributed by atoms with Gasteiger partial charge in [0.25, 0.3) is 5.60 Å². The molecule has 7 unspecified atom stereocenters. The van der Waals surface area contributed by atoms with E-state index in [0.717, 1.165) is 32.1 Å². The van der Waals surface area contributed by atoms with Gasteiger partial charge in [-0.1, -0.05) is 87.1 Å². The lowest BCUT2D eigenvalue weighted by molar-refractivity contribution is -0.409.